The highest BCUT2D eigenvalue weighted by atomic mass is 16.6. The molecule has 0 aliphatic carbocycles. The van der Waals surface area contributed by atoms with E-state index in [9.17, 15) is 15.0 Å². The predicted molar refractivity (Wildman–Crippen MR) is 59.6 cm³/mol. The van der Waals surface area contributed by atoms with Crippen molar-refractivity contribution in [1.82, 2.24) is 10.2 Å². The van der Waals surface area contributed by atoms with Gasteiger partial charge in [-0.3, -0.25) is 4.90 Å². The summed E-state index contributed by atoms with van der Waals surface area (Å²) in [5.74, 6) is 0. The lowest BCUT2D eigenvalue weighted by Crippen LogP contribution is -2.60. The van der Waals surface area contributed by atoms with E-state index < -0.39 is 49.5 Å². The first-order valence-electron chi connectivity index (χ1n) is 6.01. The molecule has 0 radical (unpaired) electrons. The van der Waals surface area contributed by atoms with Crippen LogP contribution in [0.3, 0.4) is 0 Å². The Kier molecular flexibility index (Phi) is 4.23. The molecule has 2 saturated heterocycles. The minimum Gasteiger partial charge on any atom is -0.394 e. The van der Waals surface area contributed by atoms with Crippen molar-refractivity contribution in [3.05, 3.63) is 0 Å². The van der Waals surface area contributed by atoms with Gasteiger partial charge < -0.3 is 35.6 Å². The fourth-order valence-corrected chi connectivity index (χ4v) is 2.30. The molecule has 19 heavy (non-hydrogen) atoms. The minimum absolute atomic E-state index is 0.140. The second-order valence-corrected chi connectivity index (χ2v) is 4.68. The summed E-state index contributed by atoms with van der Waals surface area (Å²) >= 11 is 0. The number of aliphatic hydroxyl groups is 5. The zero-order valence-electron chi connectivity index (χ0n) is 10.1. The van der Waals surface area contributed by atoms with E-state index in [1.54, 1.807) is 0 Å². The molecule has 2 unspecified atom stereocenters. The van der Waals surface area contributed by atoms with Gasteiger partial charge in [-0.15, -0.1) is 0 Å². The molecule has 5 atom stereocenters. The van der Waals surface area contributed by atoms with E-state index in [1.165, 1.54) is 0 Å². The van der Waals surface area contributed by atoms with Crippen molar-refractivity contribution in [2.45, 2.75) is 43.3 Å². The molecule has 2 rings (SSSR count). The van der Waals surface area contributed by atoms with Crippen LogP contribution >= 0.6 is 0 Å². The summed E-state index contributed by atoms with van der Waals surface area (Å²) < 4.78 is 5.23. The van der Waals surface area contributed by atoms with Crippen molar-refractivity contribution in [3.63, 3.8) is 0 Å². The molecule has 0 saturated carbocycles. The summed E-state index contributed by atoms with van der Waals surface area (Å²) in [4.78, 5) is 13.0. The molecule has 6 N–H and O–H groups in total. The molecule has 2 fully saturated rings. The first-order valence-corrected chi connectivity index (χ1v) is 6.01. The van der Waals surface area contributed by atoms with Crippen molar-refractivity contribution in [1.29, 1.82) is 0 Å². The Morgan fingerprint density at radius 2 is 2.05 bits per heavy atom. The number of urea groups is 1. The highest BCUT2D eigenvalue weighted by Crippen LogP contribution is 2.25. The Hall–Kier alpha value is -0.970. The molecule has 2 aliphatic rings. The highest BCUT2D eigenvalue weighted by molar-refractivity contribution is 5.75. The monoisotopic (exact) mass is 278 g/mol. The molecule has 2 amide bonds. The molecule has 9 heteroatoms. The lowest BCUT2D eigenvalue weighted by Gasteiger charge is -2.37. The van der Waals surface area contributed by atoms with Gasteiger partial charge in [-0.25, -0.2) is 4.79 Å². The van der Waals surface area contributed by atoms with Crippen molar-refractivity contribution in [2.24, 2.45) is 0 Å². The summed E-state index contributed by atoms with van der Waals surface area (Å²) in [5, 5.41) is 48.7. The van der Waals surface area contributed by atoms with Gasteiger partial charge in [0.2, 0.25) is 0 Å². The van der Waals surface area contributed by atoms with Gasteiger partial charge in [0.05, 0.1) is 12.6 Å². The maximum atomic E-state index is 11.8. The summed E-state index contributed by atoms with van der Waals surface area (Å²) in [5.41, 5.74) is 0. The SMILES string of the molecule is O=C1NC(C(O)O)CCN1C1O[C@H](CO)[C@@H](O)[C@H]1O. The van der Waals surface area contributed by atoms with E-state index >= 15 is 0 Å². The van der Waals surface area contributed by atoms with Gasteiger partial charge in [0.15, 0.2) is 12.5 Å². The van der Waals surface area contributed by atoms with E-state index in [0.29, 0.717) is 0 Å². The molecule has 0 aromatic rings. The summed E-state index contributed by atoms with van der Waals surface area (Å²) in [6, 6.07) is -1.40. The van der Waals surface area contributed by atoms with Crippen LogP contribution in [-0.4, -0.2) is 86.5 Å². The van der Waals surface area contributed by atoms with Gasteiger partial charge in [0.25, 0.3) is 0 Å². The zero-order valence-corrected chi connectivity index (χ0v) is 10.1. The topological polar surface area (TPSA) is 143 Å². The third-order valence-electron chi connectivity index (χ3n) is 3.43. The number of aliphatic hydroxyl groups excluding tert-OH is 4. The first kappa shape index (κ1) is 14.4. The van der Waals surface area contributed by atoms with Crippen LogP contribution in [0.1, 0.15) is 6.42 Å². The van der Waals surface area contributed by atoms with Crippen LogP contribution in [0.5, 0.6) is 0 Å². The molecular weight excluding hydrogens is 260 g/mol. The molecule has 110 valence electrons. The predicted octanol–water partition coefficient (Wildman–Crippen LogP) is -3.48. The van der Waals surface area contributed by atoms with Crippen LogP contribution in [-0.2, 0) is 4.74 Å². The van der Waals surface area contributed by atoms with Crippen LogP contribution < -0.4 is 5.32 Å². The van der Waals surface area contributed by atoms with Gasteiger partial charge in [-0.05, 0) is 6.42 Å². The zero-order chi connectivity index (χ0) is 14.2. The maximum absolute atomic E-state index is 11.8. The van der Waals surface area contributed by atoms with Crippen LogP contribution in [0.4, 0.5) is 4.79 Å². The fourth-order valence-electron chi connectivity index (χ4n) is 2.30. The number of hydrogen-bond acceptors (Lipinski definition) is 7. The number of nitrogens with zero attached hydrogens (tertiary/aromatic N) is 1. The Bertz CT molecular complexity index is 340. The fraction of sp³-hybridized carbons (Fsp3) is 0.900. The van der Waals surface area contributed by atoms with Crippen molar-refractivity contribution < 1.29 is 35.1 Å². The standard InChI is InChI=1S/C10H18N2O7/c13-3-5-6(14)7(15)8(19-5)12-2-1-4(9(16)17)11-10(12)18/h4-9,13-17H,1-3H2,(H,11,18)/t4?,5-,6-,7-,8?/m1/s1. The average molecular weight is 278 g/mol. The Morgan fingerprint density at radius 3 is 2.53 bits per heavy atom. The lowest BCUT2D eigenvalue weighted by molar-refractivity contribution is -0.102. The number of hydrogen-bond donors (Lipinski definition) is 6. The number of ether oxygens (including phenoxy) is 1. The molecule has 0 aromatic heterocycles. The number of amides is 2. The van der Waals surface area contributed by atoms with Gasteiger partial charge in [0, 0.05) is 6.54 Å². The van der Waals surface area contributed by atoms with E-state index in [0.717, 1.165) is 4.90 Å². The number of nitrogens with one attached hydrogen (secondary N) is 1. The molecular formula is C10H18N2O7. The number of carbonyl (C=O) groups is 1. The Labute approximate surface area is 109 Å². The second kappa shape index (κ2) is 5.57. The first-order chi connectivity index (χ1) is 8.95. The van der Waals surface area contributed by atoms with E-state index in [2.05, 4.69) is 5.32 Å². The summed E-state index contributed by atoms with van der Waals surface area (Å²) in [7, 11) is 0. The summed E-state index contributed by atoms with van der Waals surface area (Å²) in [6.45, 7) is -0.330. The minimum atomic E-state index is -1.66. The smallest absolute Gasteiger partial charge is 0.319 e. The third-order valence-corrected chi connectivity index (χ3v) is 3.43. The maximum Gasteiger partial charge on any atom is 0.319 e. The molecule has 0 aromatic carbocycles. The Balaban J connectivity index is 2.02. The van der Waals surface area contributed by atoms with Crippen molar-refractivity contribution in [2.75, 3.05) is 13.2 Å². The van der Waals surface area contributed by atoms with Gasteiger partial charge in [-0.2, -0.15) is 0 Å². The lowest BCUT2D eigenvalue weighted by atomic mass is 10.1. The van der Waals surface area contributed by atoms with Crippen LogP contribution in [0.15, 0.2) is 0 Å². The van der Waals surface area contributed by atoms with Gasteiger partial charge >= 0.3 is 6.03 Å². The van der Waals surface area contributed by atoms with Gasteiger partial charge in [0.1, 0.15) is 18.3 Å². The normalized spacial score (nSPS) is 39.8. The van der Waals surface area contributed by atoms with E-state index in [4.69, 9.17) is 20.1 Å². The number of rotatable bonds is 3. The highest BCUT2D eigenvalue weighted by Gasteiger charge is 2.47. The molecule has 0 spiro atoms. The second-order valence-electron chi connectivity index (χ2n) is 4.68. The van der Waals surface area contributed by atoms with E-state index in [-0.39, 0.29) is 13.0 Å². The van der Waals surface area contributed by atoms with E-state index in [1.807, 2.05) is 0 Å². The molecule has 9 nitrogen and oxygen atoms in total. The number of carbonyl (C=O) groups excluding carboxylic acids is 1. The van der Waals surface area contributed by atoms with Crippen molar-refractivity contribution in [3.8, 4) is 0 Å². The van der Waals surface area contributed by atoms with Crippen LogP contribution in [0, 0.1) is 0 Å². The van der Waals surface area contributed by atoms with Crippen molar-refractivity contribution >= 4 is 6.03 Å². The molecule has 2 heterocycles. The summed E-state index contributed by atoms with van der Waals surface area (Å²) in [6.07, 6.45) is -6.01. The quantitative estimate of drug-likeness (QED) is 0.294. The average Bonchev–Trinajstić information content (AvgIpc) is 2.66. The Morgan fingerprint density at radius 1 is 1.37 bits per heavy atom. The molecule has 2 aliphatic heterocycles. The third kappa shape index (κ3) is 2.66. The van der Waals surface area contributed by atoms with Crippen LogP contribution in [0.25, 0.3) is 0 Å². The van der Waals surface area contributed by atoms with Gasteiger partial charge in [-0.1, -0.05) is 0 Å². The molecule has 0 bridgehead atoms. The largest absolute Gasteiger partial charge is 0.394 e. The van der Waals surface area contributed by atoms with Crippen LogP contribution in [0.2, 0.25) is 0 Å².